The molecule has 1 N–H and O–H groups in total. The zero-order chi connectivity index (χ0) is 9.26. The highest BCUT2D eigenvalue weighted by Crippen LogP contribution is 2.20. The lowest BCUT2D eigenvalue weighted by Gasteiger charge is -2.14. The summed E-state index contributed by atoms with van der Waals surface area (Å²) in [5, 5.41) is 6.81. The minimum Gasteiger partial charge on any atom is -0.332 e. The summed E-state index contributed by atoms with van der Waals surface area (Å²) < 4.78 is 0. The summed E-state index contributed by atoms with van der Waals surface area (Å²) in [5.74, 6) is 0.773. The quantitative estimate of drug-likeness (QED) is 0.756. The number of thioether (sulfide) groups is 1. The molecule has 2 heterocycles. The highest BCUT2D eigenvalue weighted by Gasteiger charge is 2.23. The molecule has 0 aromatic carbocycles. The second-order valence-electron chi connectivity index (χ2n) is 3.06. The molecular formula is C8H11N3OS. The summed E-state index contributed by atoms with van der Waals surface area (Å²) in [6, 6.07) is 0. The van der Waals surface area contributed by atoms with Crippen LogP contribution in [0.4, 0.5) is 0 Å². The Bertz CT molecular complexity index is 302. The van der Waals surface area contributed by atoms with Gasteiger partial charge in [0.1, 0.15) is 0 Å². The van der Waals surface area contributed by atoms with E-state index >= 15 is 0 Å². The molecule has 2 rings (SSSR count). The van der Waals surface area contributed by atoms with Gasteiger partial charge in [-0.1, -0.05) is 0 Å². The lowest BCUT2D eigenvalue weighted by Crippen LogP contribution is -2.27. The number of nitrogens with zero attached hydrogens (tertiary/aromatic N) is 2. The van der Waals surface area contributed by atoms with Crippen molar-refractivity contribution in [2.75, 3.05) is 12.0 Å². The molecule has 4 nitrogen and oxygen atoms in total. The number of fused-ring (bicyclic) bond motifs is 1. The average Bonchev–Trinajstić information content (AvgIpc) is 2.61. The number of rotatable bonds is 2. The Morgan fingerprint density at radius 1 is 1.77 bits per heavy atom. The maximum Gasteiger partial charge on any atom is 0.233 e. The minimum absolute atomic E-state index is 0.206. The first-order valence-corrected chi connectivity index (χ1v) is 5.48. The van der Waals surface area contributed by atoms with E-state index in [1.54, 1.807) is 18.0 Å². The van der Waals surface area contributed by atoms with Crippen molar-refractivity contribution in [3.8, 4) is 0 Å². The van der Waals surface area contributed by atoms with Crippen LogP contribution in [0.1, 0.15) is 11.3 Å². The van der Waals surface area contributed by atoms with Crippen LogP contribution >= 0.6 is 11.8 Å². The standard InChI is InChI=1S/C8H11N3OS/c1-13-5-8(12)11-3-6-2-9-10-7(6)4-11/h2H,3-5H2,1H3,(H,9,10). The second kappa shape index (κ2) is 3.41. The third-order valence-corrected chi connectivity index (χ3v) is 2.67. The highest BCUT2D eigenvalue weighted by molar-refractivity contribution is 7.99. The van der Waals surface area contributed by atoms with Gasteiger partial charge >= 0.3 is 0 Å². The molecule has 5 heteroatoms. The minimum atomic E-state index is 0.206. The fourth-order valence-corrected chi connectivity index (χ4v) is 1.88. The average molecular weight is 197 g/mol. The Morgan fingerprint density at radius 3 is 3.31 bits per heavy atom. The van der Waals surface area contributed by atoms with Crippen molar-refractivity contribution in [2.24, 2.45) is 0 Å². The smallest absolute Gasteiger partial charge is 0.233 e. The molecule has 1 aromatic rings. The fraction of sp³-hybridized carbons (Fsp3) is 0.500. The molecule has 1 aromatic heterocycles. The number of nitrogens with one attached hydrogen (secondary N) is 1. The van der Waals surface area contributed by atoms with Gasteiger partial charge in [0, 0.05) is 12.1 Å². The summed E-state index contributed by atoms with van der Waals surface area (Å²) in [4.78, 5) is 13.3. The van der Waals surface area contributed by atoms with Crippen molar-refractivity contribution in [2.45, 2.75) is 13.1 Å². The topological polar surface area (TPSA) is 49.0 Å². The van der Waals surface area contributed by atoms with E-state index < -0.39 is 0 Å². The first-order valence-electron chi connectivity index (χ1n) is 4.09. The number of H-pyrrole nitrogens is 1. The molecule has 0 saturated heterocycles. The van der Waals surface area contributed by atoms with Crippen LogP contribution in [0.3, 0.4) is 0 Å². The predicted molar refractivity (Wildman–Crippen MR) is 51.2 cm³/mol. The molecule has 70 valence electrons. The molecule has 1 aliphatic heterocycles. The zero-order valence-corrected chi connectivity index (χ0v) is 8.23. The third kappa shape index (κ3) is 1.56. The Labute approximate surface area is 80.7 Å². The van der Waals surface area contributed by atoms with Crippen molar-refractivity contribution in [1.82, 2.24) is 15.1 Å². The maximum absolute atomic E-state index is 11.5. The van der Waals surface area contributed by atoms with Gasteiger partial charge < -0.3 is 4.90 Å². The maximum atomic E-state index is 11.5. The number of hydrogen-bond donors (Lipinski definition) is 1. The van der Waals surface area contributed by atoms with E-state index in [9.17, 15) is 4.79 Å². The van der Waals surface area contributed by atoms with Crippen molar-refractivity contribution in [3.05, 3.63) is 17.5 Å². The Hall–Kier alpha value is -0.970. The van der Waals surface area contributed by atoms with E-state index in [1.165, 1.54) is 0 Å². The highest BCUT2D eigenvalue weighted by atomic mass is 32.2. The molecule has 0 radical (unpaired) electrons. The van der Waals surface area contributed by atoms with Crippen LogP contribution in [-0.2, 0) is 17.9 Å². The van der Waals surface area contributed by atoms with Crippen molar-refractivity contribution in [1.29, 1.82) is 0 Å². The van der Waals surface area contributed by atoms with Crippen LogP contribution in [0, 0.1) is 0 Å². The molecule has 1 aliphatic rings. The number of carbonyl (C=O) groups is 1. The molecule has 0 aliphatic carbocycles. The van der Waals surface area contributed by atoms with Gasteiger partial charge in [0.25, 0.3) is 0 Å². The molecule has 1 amide bonds. The SMILES string of the molecule is CSCC(=O)N1Cc2cn[nH]c2C1. The zero-order valence-electron chi connectivity index (χ0n) is 7.41. The molecular weight excluding hydrogens is 186 g/mol. The van der Waals surface area contributed by atoms with Gasteiger partial charge in [-0.15, -0.1) is 0 Å². The van der Waals surface area contributed by atoms with E-state index in [1.807, 2.05) is 11.2 Å². The molecule has 0 unspecified atom stereocenters. The monoisotopic (exact) mass is 197 g/mol. The molecule has 0 bridgehead atoms. The summed E-state index contributed by atoms with van der Waals surface area (Å²) in [5.41, 5.74) is 2.23. The van der Waals surface area contributed by atoms with Crippen molar-refractivity contribution >= 4 is 17.7 Å². The molecule has 13 heavy (non-hydrogen) atoms. The van der Waals surface area contributed by atoms with Crippen LogP contribution in [0.25, 0.3) is 0 Å². The van der Waals surface area contributed by atoms with Gasteiger partial charge in [0.05, 0.1) is 24.2 Å². The largest absolute Gasteiger partial charge is 0.332 e. The summed E-state index contributed by atoms with van der Waals surface area (Å²) in [6.07, 6.45) is 3.73. The lowest BCUT2D eigenvalue weighted by atomic mass is 10.3. The van der Waals surface area contributed by atoms with Crippen LogP contribution in [0.5, 0.6) is 0 Å². The van der Waals surface area contributed by atoms with Crippen LogP contribution in [0.2, 0.25) is 0 Å². The predicted octanol–water partition coefficient (Wildman–Crippen LogP) is 0.615. The fourth-order valence-electron chi connectivity index (χ4n) is 1.45. The van der Waals surface area contributed by atoms with Crippen molar-refractivity contribution in [3.63, 3.8) is 0 Å². The summed E-state index contributed by atoms with van der Waals surface area (Å²) in [6.45, 7) is 1.40. The molecule has 0 fully saturated rings. The van der Waals surface area contributed by atoms with E-state index in [0.29, 0.717) is 18.8 Å². The van der Waals surface area contributed by atoms with Crippen LogP contribution in [-0.4, -0.2) is 33.0 Å². The van der Waals surface area contributed by atoms with E-state index in [4.69, 9.17) is 0 Å². The first kappa shape index (κ1) is 8.62. The second-order valence-corrected chi connectivity index (χ2v) is 3.92. The van der Waals surface area contributed by atoms with Crippen LogP contribution < -0.4 is 0 Å². The summed E-state index contributed by atoms with van der Waals surface area (Å²) >= 11 is 1.56. The van der Waals surface area contributed by atoms with E-state index in [-0.39, 0.29) is 5.91 Å². The van der Waals surface area contributed by atoms with Gasteiger partial charge in [-0.2, -0.15) is 16.9 Å². The Balaban J connectivity index is 2.01. The molecule has 0 atom stereocenters. The number of aromatic amines is 1. The lowest BCUT2D eigenvalue weighted by molar-refractivity contribution is -0.128. The number of amides is 1. The third-order valence-electron chi connectivity index (χ3n) is 2.14. The normalized spacial score (nSPS) is 14.7. The van der Waals surface area contributed by atoms with Gasteiger partial charge in [0.15, 0.2) is 0 Å². The van der Waals surface area contributed by atoms with Gasteiger partial charge in [-0.3, -0.25) is 9.89 Å². The van der Waals surface area contributed by atoms with E-state index in [0.717, 1.165) is 11.3 Å². The van der Waals surface area contributed by atoms with Gasteiger partial charge in [-0.05, 0) is 6.26 Å². The van der Waals surface area contributed by atoms with Gasteiger partial charge in [-0.25, -0.2) is 0 Å². The van der Waals surface area contributed by atoms with Crippen LogP contribution in [0.15, 0.2) is 6.20 Å². The van der Waals surface area contributed by atoms with Crippen molar-refractivity contribution < 1.29 is 4.79 Å². The molecule has 0 spiro atoms. The van der Waals surface area contributed by atoms with Gasteiger partial charge in [0.2, 0.25) is 5.91 Å². The number of hydrogen-bond acceptors (Lipinski definition) is 3. The molecule has 0 saturated carbocycles. The Morgan fingerprint density at radius 2 is 2.62 bits per heavy atom. The first-order chi connectivity index (χ1) is 6.31. The number of aromatic nitrogens is 2. The Kier molecular flexibility index (Phi) is 2.26. The number of carbonyl (C=O) groups excluding carboxylic acids is 1. The summed E-state index contributed by atoms with van der Waals surface area (Å²) in [7, 11) is 0. The van der Waals surface area contributed by atoms with E-state index in [2.05, 4.69) is 10.2 Å².